The lowest BCUT2D eigenvalue weighted by molar-refractivity contribution is -0.307. The van der Waals surface area contributed by atoms with Crippen molar-refractivity contribution in [3.05, 3.63) is 0 Å². The van der Waals surface area contributed by atoms with Crippen LogP contribution in [0.25, 0.3) is 0 Å². The summed E-state index contributed by atoms with van der Waals surface area (Å²) in [4.78, 5) is 21.9. The van der Waals surface area contributed by atoms with Gasteiger partial charge in [-0.2, -0.15) is 0 Å². The fourth-order valence-electron chi connectivity index (χ4n) is 0.908. The number of nitrogens with one attached hydrogen (secondary N) is 1. The van der Waals surface area contributed by atoms with Gasteiger partial charge in [-0.1, -0.05) is 11.4 Å². The molecule has 0 bridgehead atoms. The van der Waals surface area contributed by atoms with Gasteiger partial charge in [-0.3, -0.25) is 4.79 Å². The molecule has 106 valence electrons. The lowest BCUT2D eigenvalue weighted by atomic mass is 10.3. The number of carboxylic acid groups (broad SMARTS) is 1. The Balaban J connectivity index is 4.23. The molecule has 0 radical (unpaired) electrons. The van der Waals surface area contributed by atoms with Crippen LogP contribution in [0.2, 0.25) is 0 Å². The van der Waals surface area contributed by atoms with Gasteiger partial charge in [0.1, 0.15) is 0 Å². The van der Waals surface area contributed by atoms with Crippen LogP contribution in [0.4, 0.5) is 0 Å². The Bertz CT molecular complexity index is 329. The van der Waals surface area contributed by atoms with Gasteiger partial charge < -0.3 is 24.3 Å². The summed E-state index contributed by atoms with van der Waals surface area (Å²) in [6, 6.07) is -1.03. The van der Waals surface area contributed by atoms with E-state index in [4.69, 9.17) is 20.9 Å². The molecular weight excluding hydrogens is 297 g/mol. The third-order valence-corrected chi connectivity index (χ3v) is 7.07. The van der Waals surface area contributed by atoms with Crippen molar-refractivity contribution in [3.8, 4) is 0 Å². The van der Waals surface area contributed by atoms with Gasteiger partial charge in [-0.25, -0.2) is 0 Å². The van der Waals surface area contributed by atoms with E-state index in [-0.39, 0.29) is 5.75 Å². The van der Waals surface area contributed by atoms with Gasteiger partial charge in [-0.15, -0.1) is 0 Å². The molecule has 0 aromatic carbocycles. The fourth-order valence-corrected chi connectivity index (χ4v) is 5.14. The summed E-state index contributed by atoms with van der Waals surface area (Å²) in [5.74, 6) is -1.78. The van der Waals surface area contributed by atoms with Gasteiger partial charge in [0.2, 0.25) is 11.6 Å². The Labute approximate surface area is 116 Å². The molecule has 0 saturated carbocycles. The minimum absolute atomic E-state index is 0.00506. The first-order valence-corrected chi connectivity index (χ1v) is 9.61. The zero-order valence-electron chi connectivity index (χ0n) is 10.5. The topological polar surface area (TPSA) is 87.7 Å². The summed E-state index contributed by atoms with van der Waals surface area (Å²) < 4.78 is 10.7. The molecule has 9 heteroatoms. The van der Waals surface area contributed by atoms with Gasteiger partial charge in [0.05, 0.1) is 31.0 Å². The van der Waals surface area contributed by atoms with Gasteiger partial charge in [0.25, 0.3) is 0 Å². The van der Waals surface area contributed by atoms with Gasteiger partial charge in [0, 0.05) is 0 Å². The Morgan fingerprint density at radius 2 is 1.89 bits per heavy atom. The van der Waals surface area contributed by atoms with Gasteiger partial charge >= 0.3 is 0 Å². The Hall–Kier alpha value is -0.140. The largest absolute Gasteiger partial charge is 0.548 e. The summed E-state index contributed by atoms with van der Waals surface area (Å²) >= 11 is 6.30. The Morgan fingerprint density at radius 3 is 2.28 bits per heavy atom. The van der Waals surface area contributed by atoms with E-state index in [2.05, 4.69) is 5.32 Å². The molecule has 0 aromatic heterocycles. The predicted molar refractivity (Wildman–Crippen MR) is 72.6 cm³/mol. The smallest absolute Gasteiger partial charge is 0.247 e. The second-order valence-electron chi connectivity index (χ2n) is 3.16. The number of hydrogen-bond acceptors (Lipinski definition) is 7. The minimum Gasteiger partial charge on any atom is -0.548 e. The number of hydrogen-bond donors (Lipinski definition) is 1. The second-order valence-corrected chi connectivity index (χ2v) is 9.47. The molecule has 0 spiro atoms. The van der Waals surface area contributed by atoms with E-state index in [9.17, 15) is 14.7 Å². The predicted octanol–water partition coefficient (Wildman–Crippen LogP) is 0.272. The molecule has 0 aromatic rings. The molecule has 0 heterocycles. The van der Waals surface area contributed by atoms with Crippen LogP contribution in [-0.4, -0.2) is 36.9 Å². The van der Waals surface area contributed by atoms with Crippen LogP contribution in [0.5, 0.6) is 0 Å². The molecule has 18 heavy (non-hydrogen) atoms. The number of rotatable bonds is 9. The van der Waals surface area contributed by atoms with Crippen molar-refractivity contribution >= 4 is 40.8 Å². The monoisotopic (exact) mass is 314 g/mol. The van der Waals surface area contributed by atoms with E-state index in [0.29, 0.717) is 13.2 Å². The number of amides is 1. The van der Waals surface area contributed by atoms with E-state index >= 15 is 0 Å². The van der Waals surface area contributed by atoms with Crippen molar-refractivity contribution in [2.75, 3.05) is 19.0 Å². The van der Waals surface area contributed by atoms with Gasteiger partial charge in [0.15, 0.2) is 0 Å². The normalized spacial score (nSPS) is 13.1. The summed E-state index contributed by atoms with van der Waals surface area (Å²) in [6.45, 7) is 5.72. The molecule has 0 unspecified atom stereocenters. The summed E-state index contributed by atoms with van der Waals surface area (Å²) in [5, 5.41) is 12.7. The highest BCUT2D eigenvalue weighted by atomic mass is 32.9. The number of aliphatic carboxylic acids is 1. The molecular formula is C9H17NO5PS2-. The Morgan fingerprint density at radius 1 is 1.39 bits per heavy atom. The summed E-state index contributed by atoms with van der Waals surface area (Å²) in [7, 11) is 0. The van der Waals surface area contributed by atoms with Crippen LogP contribution in [-0.2, 0) is 30.4 Å². The van der Waals surface area contributed by atoms with Crippen molar-refractivity contribution in [2.45, 2.75) is 26.8 Å². The van der Waals surface area contributed by atoms with Crippen LogP contribution in [0.1, 0.15) is 20.8 Å². The standard InChI is InChI=1S/C9H18NO5PS2/c1-4-14-16(17,15-5-2)18-6-8(11)10-7(3)9(12)13/h7H,4-6H2,1-3H3,(H,10,11)(H,12,13)/p-1/t7-/m1/s1. The number of carbonyl (C=O) groups excluding carboxylic acids is 2. The average Bonchev–Trinajstić information content (AvgIpc) is 2.27. The molecule has 6 nitrogen and oxygen atoms in total. The van der Waals surface area contributed by atoms with E-state index in [0.717, 1.165) is 11.4 Å². The van der Waals surface area contributed by atoms with Crippen molar-refractivity contribution in [1.82, 2.24) is 5.32 Å². The maximum atomic E-state index is 11.5. The van der Waals surface area contributed by atoms with Crippen LogP contribution >= 0.6 is 17.1 Å². The molecule has 1 amide bonds. The lowest BCUT2D eigenvalue weighted by Crippen LogP contribution is -2.46. The zero-order valence-corrected chi connectivity index (χ0v) is 13.0. The van der Waals surface area contributed by atoms with Crippen molar-refractivity contribution in [2.24, 2.45) is 0 Å². The van der Waals surface area contributed by atoms with Crippen LogP contribution in [0.3, 0.4) is 0 Å². The molecule has 0 aliphatic rings. The third kappa shape index (κ3) is 7.33. The second kappa shape index (κ2) is 8.87. The van der Waals surface area contributed by atoms with E-state index in [1.165, 1.54) is 6.92 Å². The highest BCUT2D eigenvalue weighted by Crippen LogP contribution is 2.60. The maximum Gasteiger partial charge on any atom is 0.247 e. The van der Waals surface area contributed by atoms with E-state index in [1.54, 1.807) is 13.8 Å². The third-order valence-electron chi connectivity index (χ3n) is 1.66. The van der Waals surface area contributed by atoms with Crippen LogP contribution in [0, 0.1) is 0 Å². The first-order chi connectivity index (χ1) is 8.34. The van der Waals surface area contributed by atoms with Crippen molar-refractivity contribution in [3.63, 3.8) is 0 Å². The molecule has 0 saturated heterocycles. The minimum atomic E-state index is -2.51. The highest BCUT2D eigenvalue weighted by Gasteiger charge is 2.21. The van der Waals surface area contributed by atoms with Crippen molar-refractivity contribution < 1.29 is 23.7 Å². The number of carbonyl (C=O) groups is 2. The lowest BCUT2D eigenvalue weighted by Gasteiger charge is -2.20. The molecule has 1 N–H and O–H groups in total. The fraction of sp³-hybridized carbons (Fsp3) is 0.778. The molecule has 1 atom stereocenters. The highest BCUT2D eigenvalue weighted by molar-refractivity contribution is 8.68. The molecule has 0 aliphatic carbocycles. The summed E-state index contributed by atoms with van der Waals surface area (Å²) in [5.41, 5.74) is -2.51. The van der Waals surface area contributed by atoms with Crippen molar-refractivity contribution in [1.29, 1.82) is 0 Å². The van der Waals surface area contributed by atoms with E-state index in [1.807, 2.05) is 0 Å². The number of carboxylic acids is 1. The maximum absolute atomic E-state index is 11.5. The van der Waals surface area contributed by atoms with Gasteiger partial charge in [-0.05, 0) is 32.6 Å². The molecule has 0 aliphatic heterocycles. The van der Waals surface area contributed by atoms with Crippen LogP contribution in [0.15, 0.2) is 0 Å². The summed E-state index contributed by atoms with van der Waals surface area (Å²) in [6.07, 6.45) is 0. The first-order valence-electron chi connectivity index (χ1n) is 5.38. The first kappa shape index (κ1) is 17.9. The van der Waals surface area contributed by atoms with Crippen LogP contribution < -0.4 is 10.4 Å². The molecule has 0 rings (SSSR count). The quantitative estimate of drug-likeness (QED) is 0.611. The Kier molecular flexibility index (Phi) is 8.81. The average molecular weight is 314 g/mol. The SMILES string of the molecule is CCOP(=S)(OCC)SCC(=O)N[C@H](C)C(=O)[O-]. The zero-order chi connectivity index (χ0) is 14.2. The molecule has 0 fully saturated rings. The van der Waals surface area contributed by atoms with E-state index < -0.39 is 23.6 Å².